The lowest BCUT2D eigenvalue weighted by atomic mass is 10.1. The van der Waals surface area contributed by atoms with Crippen molar-refractivity contribution in [3.8, 4) is 5.75 Å². The molecule has 0 radical (unpaired) electrons. The largest absolute Gasteiger partial charge is 0.507 e. The number of phenols is 1. The van der Waals surface area contributed by atoms with Crippen molar-refractivity contribution in [3.63, 3.8) is 0 Å². The van der Waals surface area contributed by atoms with E-state index >= 15 is 0 Å². The van der Waals surface area contributed by atoms with E-state index in [1.54, 1.807) is 11.4 Å². The second-order valence-electron chi connectivity index (χ2n) is 5.05. The molecule has 8 heteroatoms. The van der Waals surface area contributed by atoms with E-state index in [0.717, 1.165) is 17.8 Å². The summed E-state index contributed by atoms with van der Waals surface area (Å²) in [6.07, 6.45) is 0.769. The maximum absolute atomic E-state index is 12.1. The Morgan fingerprint density at radius 2 is 2.09 bits per heavy atom. The number of phenolic OH excluding ortho intramolecular Hbond substituents is 1. The van der Waals surface area contributed by atoms with Gasteiger partial charge in [0.1, 0.15) is 9.96 Å². The summed E-state index contributed by atoms with van der Waals surface area (Å²) in [5.74, 6) is -0.679. The molecule has 0 aliphatic carbocycles. The third-order valence-corrected chi connectivity index (χ3v) is 6.02. The molecule has 2 aromatic rings. The van der Waals surface area contributed by atoms with Crippen LogP contribution in [0.5, 0.6) is 5.75 Å². The Morgan fingerprint density at radius 3 is 2.65 bits per heavy atom. The van der Waals surface area contributed by atoms with Crippen LogP contribution < -0.4 is 10.0 Å². The molecule has 6 nitrogen and oxygen atoms in total. The minimum Gasteiger partial charge on any atom is -0.507 e. The van der Waals surface area contributed by atoms with Crippen molar-refractivity contribution in [1.29, 1.82) is 0 Å². The number of carbonyl (C=O) groups is 1. The predicted molar refractivity (Wildman–Crippen MR) is 90.5 cm³/mol. The molecule has 0 aliphatic rings. The molecule has 0 saturated heterocycles. The number of carbonyl (C=O) groups excluding carboxylic acids is 1. The van der Waals surface area contributed by atoms with Gasteiger partial charge in [-0.2, -0.15) is 0 Å². The average Bonchev–Trinajstić information content (AvgIpc) is 3.01. The topological polar surface area (TPSA) is 95.5 Å². The summed E-state index contributed by atoms with van der Waals surface area (Å²) in [5, 5.41) is 14.4. The number of sulfonamides is 1. The van der Waals surface area contributed by atoms with Gasteiger partial charge >= 0.3 is 0 Å². The first-order valence-corrected chi connectivity index (χ1v) is 9.40. The van der Waals surface area contributed by atoms with Crippen molar-refractivity contribution >= 4 is 33.0 Å². The van der Waals surface area contributed by atoms with Crippen LogP contribution in [0.25, 0.3) is 0 Å². The zero-order valence-corrected chi connectivity index (χ0v) is 14.4. The molecule has 0 fully saturated rings. The standard InChI is InChI=1S/C15H18N2O4S2/c1-3-10(2)16-15(19)12-7-6-11(9-13(12)18)17-23(20,21)14-5-4-8-22-14/h4-10,17-18H,3H2,1-2H3,(H,16,19)/t10-/m1/s1. The van der Waals surface area contributed by atoms with E-state index in [9.17, 15) is 18.3 Å². The number of nitrogens with one attached hydrogen (secondary N) is 2. The Kier molecular flexibility index (Phi) is 5.27. The van der Waals surface area contributed by atoms with Gasteiger partial charge in [0, 0.05) is 12.1 Å². The fourth-order valence-electron chi connectivity index (χ4n) is 1.81. The Bertz CT molecular complexity index is 786. The number of hydrogen-bond donors (Lipinski definition) is 3. The van der Waals surface area contributed by atoms with Crippen LogP contribution in [0.4, 0.5) is 5.69 Å². The lowest BCUT2D eigenvalue weighted by Crippen LogP contribution is -2.31. The molecule has 124 valence electrons. The van der Waals surface area contributed by atoms with Crippen LogP contribution in [0.1, 0.15) is 30.6 Å². The molecule has 1 aromatic carbocycles. The third-order valence-electron chi connectivity index (χ3n) is 3.24. The lowest BCUT2D eigenvalue weighted by molar-refractivity contribution is 0.0936. The maximum Gasteiger partial charge on any atom is 0.271 e. The molecular weight excluding hydrogens is 336 g/mol. The maximum atomic E-state index is 12.1. The van der Waals surface area contributed by atoms with E-state index < -0.39 is 15.9 Å². The van der Waals surface area contributed by atoms with Crippen LogP contribution in [0.15, 0.2) is 39.9 Å². The number of benzene rings is 1. The molecular formula is C15H18N2O4S2. The van der Waals surface area contributed by atoms with Crippen molar-refractivity contribution in [2.75, 3.05) is 4.72 Å². The monoisotopic (exact) mass is 354 g/mol. The quantitative estimate of drug-likeness (QED) is 0.743. The summed E-state index contributed by atoms with van der Waals surface area (Å²) in [4.78, 5) is 12.0. The van der Waals surface area contributed by atoms with Crippen LogP contribution >= 0.6 is 11.3 Å². The van der Waals surface area contributed by atoms with E-state index in [1.165, 1.54) is 24.3 Å². The first kappa shape index (κ1) is 17.3. The zero-order valence-electron chi connectivity index (χ0n) is 12.7. The Labute approximate surface area is 139 Å². The second kappa shape index (κ2) is 7.01. The molecule has 1 aromatic heterocycles. The van der Waals surface area contributed by atoms with Crippen molar-refractivity contribution < 1.29 is 18.3 Å². The van der Waals surface area contributed by atoms with Crippen molar-refractivity contribution in [2.24, 2.45) is 0 Å². The van der Waals surface area contributed by atoms with E-state index in [2.05, 4.69) is 10.0 Å². The highest BCUT2D eigenvalue weighted by Gasteiger charge is 2.18. The molecule has 0 bridgehead atoms. The average molecular weight is 354 g/mol. The molecule has 0 saturated carbocycles. The van der Waals surface area contributed by atoms with Gasteiger partial charge in [-0.25, -0.2) is 8.42 Å². The summed E-state index contributed by atoms with van der Waals surface area (Å²) in [6, 6.07) is 7.16. The molecule has 1 amide bonds. The SMILES string of the molecule is CC[C@@H](C)NC(=O)c1ccc(NS(=O)(=O)c2cccs2)cc1O. The highest BCUT2D eigenvalue weighted by Crippen LogP contribution is 2.25. The van der Waals surface area contributed by atoms with Crippen LogP contribution in [-0.4, -0.2) is 25.5 Å². The summed E-state index contributed by atoms with van der Waals surface area (Å²) in [6.45, 7) is 3.80. The number of hydrogen-bond acceptors (Lipinski definition) is 5. The summed E-state index contributed by atoms with van der Waals surface area (Å²) >= 11 is 1.09. The minimum atomic E-state index is -3.69. The van der Waals surface area contributed by atoms with Crippen LogP contribution in [0.3, 0.4) is 0 Å². The molecule has 23 heavy (non-hydrogen) atoms. The van der Waals surface area contributed by atoms with E-state index in [0.29, 0.717) is 0 Å². The Balaban J connectivity index is 2.18. The fourth-order valence-corrected chi connectivity index (χ4v) is 3.85. The first-order valence-electron chi connectivity index (χ1n) is 7.03. The smallest absolute Gasteiger partial charge is 0.271 e. The van der Waals surface area contributed by atoms with Crippen LogP contribution in [0.2, 0.25) is 0 Å². The molecule has 0 spiro atoms. The van der Waals surface area contributed by atoms with Gasteiger partial charge in [0.25, 0.3) is 15.9 Å². The van der Waals surface area contributed by atoms with Crippen molar-refractivity contribution in [3.05, 3.63) is 41.3 Å². The normalized spacial score (nSPS) is 12.6. The van der Waals surface area contributed by atoms with Gasteiger partial charge < -0.3 is 10.4 Å². The van der Waals surface area contributed by atoms with Crippen molar-refractivity contribution in [1.82, 2.24) is 5.32 Å². The number of aromatic hydroxyl groups is 1. The predicted octanol–water partition coefficient (Wildman–Crippen LogP) is 2.78. The number of rotatable bonds is 6. The summed E-state index contributed by atoms with van der Waals surface area (Å²) in [5.41, 5.74) is 0.292. The Morgan fingerprint density at radius 1 is 1.35 bits per heavy atom. The minimum absolute atomic E-state index is 0.0149. The number of amides is 1. The molecule has 3 N–H and O–H groups in total. The molecule has 2 rings (SSSR count). The van der Waals surface area contributed by atoms with Gasteiger partial charge in [-0.05, 0) is 36.9 Å². The van der Waals surface area contributed by atoms with Crippen LogP contribution in [-0.2, 0) is 10.0 Å². The highest BCUT2D eigenvalue weighted by molar-refractivity contribution is 7.94. The van der Waals surface area contributed by atoms with Crippen molar-refractivity contribution in [2.45, 2.75) is 30.5 Å². The fraction of sp³-hybridized carbons (Fsp3) is 0.267. The van der Waals surface area contributed by atoms with E-state index in [-0.39, 0.29) is 27.3 Å². The van der Waals surface area contributed by atoms with E-state index in [1.807, 2.05) is 13.8 Å². The van der Waals surface area contributed by atoms with Gasteiger partial charge in [0.15, 0.2) is 0 Å². The Hall–Kier alpha value is -2.06. The molecule has 1 heterocycles. The van der Waals surface area contributed by atoms with Gasteiger partial charge in [-0.15, -0.1) is 11.3 Å². The van der Waals surface area contributed by atoms with Crippen LogP contribution in [0, 0.1) is 0 Å². The lowest BCUT2D eigenvalue weighted by Gasteiger charge is -2.13. The molecule has 0 unspecified atom stereocenters. The second-order valence-corrected chi connectivity index (χ2v) is 7.91. The molecule has 0 aliphatic heterocycles. The number of thiophene rings is 1. The number of anilines is 1. The zero-order chi connectivity index (χ0) is 17.0. The van der Waals surface area contributed by atoms with Gasteiger partial charge in [-0.1, -0.05) is 13.0 Å². The van der Waals surface area contributed by atoms with Gasteiger partial charge in [0.2, 0.25) is 0 Å². The summed E-state index contributed by atoms with van der Waals surface area (Å²) < 4.78 is 26.8. The van der Waals surface area contributed by atoms with Gasteiger partial charge in [-0.3, -0.25) is 9.52 Å². The summed E-state index contributed by atoms with van der Waals surface area (Å²) in [7, 11) is -3.69. The molecule has 1 atom stereocenters. The van der Waals surface area contributed by atoms with Gasteiger partial charge in [0.05, 0.1) is 11.3 Å². The first-order chi connectivity index (χ1) is 10.8. The highest BCUT2D eigenvalue weighted by atomic mass is 32.2. The third kappa shape index (κ3) is 4.23. The van der Waals surface area contributed by atoms with E-state index in [4.69, 9.17) is 0 Å².